The molecule has 1 aromatic carbocycles. The molecule has 5 heteroatoms. The molecule has 0 unspecified atom stereocenters. The molecular weight excluding hydrogens is 198 g/mol. The summed E-state index contributed by atoms with van der Waals surface area (Å²) in [5.74, 6) is 0.484. The molecular formula is C10H13NO4. The van der Waals surface area contributed by atoms with Gasteiger partial charge in [0, 0.05) is 17.7 Å². The summed E-state index contributed by atoms with van der Waals surface area (Å²) in [7, 11) is 0. The SMILES string of the molecule is CCOc1ccc([N+](=O)[O-])cc1[C@H](C)O. The molecule has 0 aliphatic carbocycles. The first-order chi connectivity index (χ1) is 7.06. The van der Waals surface area contributed by atoms with Crippen LogP contribution in [0.1, 0.15) is 25.5 Å². The van der Waals surface area contributed by atoms with E-state index in [2.05, 4.69) is 0 Å². The average molecular weight is 211 g/mol. The molecule has 0 amide bonds. The van der Waals surface area contributed by atoms with Crippen molar-refractivity contribution in [2.24, 2.45) is 0 Å². The number of ether oxygens (including phenoxy) is 1. The van der Waals surface area contributed by atoms with Crippen molar-refractivity contribution in [3.63, 3.8) is 0 Å². The van der Waals surface area contributed by atoms with Gasteiger partial charge in [0.2, 0.25) is 0 Å². The Hall–Kier alpha value is -1.62. The van der Waals surface area contributed by atoms with Crippen molar-refractivity contribution in [3.05, 3.63) is 33.9 Å². The summed E-state index contributed by atoms with van der Waals surface area (Å²) in [4.78, 5) is 10.0. The summed E-state index contributed by atoms with van der Waals surface area (Å²) in [5, 5.41) is 20.0. The summed E-state index contributed by atoms with van der Waals surface area (Å²) in [6, 6.07) is 4.19. The van der Waals surface area contributed by atoms with Crippen LogP contribution in [-0.2, 0) is 0 Å². The monoisotopic (exact) mass is 211 g/mol. The molecule has 0 fully saturated rings. The molecule has 0 aromatic heterocycles. The summed E-state index contributed by atoms with van der Waals surface area (Å²) in [6.45, 7) is 3.81. The van der Waals surface area contributed by atoms with Crippen molar-refractivity contribution in [2.75, 3.05) is 6.61 Å². The second-order valence-corrected chi connectivity index (χ2v) is 3.09. The van der Waals surface area contributed by atoms with Crippen molar-refractivity contribution in [2.45, 2.75) is 20.0 Å². The molecule has 1 atom stereocenters. The highest BCUT2D eigenvalue weighted by molar-refractivity contribution is 5.44. The fourth-order valence-corrected chi connectivity index (χ4v) is 1.26. The number of aliphatic hydroxyl groups excluding tert-OH is 1. The Bertz CT molecular complexity index is 362. The number of nitrogens with zero attached hydrogens (tertiary/aromatic N) is 1. The minimum absolute atomic E-state index is 0.0469. The molecule has 5 nitrogen and oxygen atoms in total. The maximum atomic E-state index is 10.5. The Morgan fingerprint density at radius 2 is 2.27 bits per heavy atom. The number of rotatable bonds is 4. The molecule has 0 saturated heterocycles. The van der Waals surface area contributed by atoms with E-state index < -0.39 is 11.0 Å². The summed E-state index contributed by atoms with van der Waals surface area (Å²) in [5.41, 5.74) is 0.389. The molecule has 0 radical (unpaired) electrons. The maximum absolute atomic E-state index is 10.5. The van der Waals surface area contributed by atoms with Gasteiger partial charge in [0.1, 0.15) is 5.75 Å². The molecule has 0 heterocycles. The van der Waals surface area contributed by atoms with Crippen molar-refractivity contribution < 1.29 is 14.8 Å². The highest BCUT2D eigenvalue weighted by Gasteiger charge is 2.14. The van der Waals surface area contributed by atoms with E-state index in [9.17, 15) is 15.2 Å². The second kappa shape index (κ2) is 4.75. The van der Waals surface area contributed by atoms with E-state index in [0.717, 1.165) is 0 Å². The van der Waals surface area contributed by atoms with Crippen LogP contribution in [0, 0.1) is 10.1 Å². The summed E-state index contributed by atoms with van der Waals surface area (Å²) in [6.07, 6.45) is -0.786. The third-order valence-corrected chi connectivity index (χ3v) is 1.95. The van der Waals surface area contributed by atoms with Crippen molar-refractivity contribution in [3.8, 4) is 5.75 Å². The van der Waals surface area contributed by atoms with E-state index >= 15 is 0 Å². The van der Waals surface area contributed by atoms with Crippen LogP contribution < -0.4 is 4.74 Å². The lowest BCUT2D eigenvalue weighted by molar-refractivity contribution is -0.385. The fourth-order valence-electron chi connectivity index (χ4n) is 1.26. The lowest BCUT2D eigenvalue weighted by atomic mass is 10.1. The van der Waals surface area contributed by atoms with Crippen LogP contribution >= 0.6 is 0 Å². The van der Waals surface area contributed by atoms with E-state index in [4.69, 9.17) is 4.74 Å². The van der Waals surface area contributed by atoms with Crippen LogP contribution in [0.5, 0.6) is 5.75 Å². The maximum Gasteiger partial charge on any atom is 0.270 e. The van der Waals surface area contributed by atoms with Crippen LogP contribution in [0.2, 0.25) is 0 Å². The van der Waals surface area contributed by atoms with Gasteiger partial charge in [-0.1, -0.05) is 0 Å². The highest BCUT2D eigenvalue weighted by atomic mass is 16.6. The predicted molar refractivity (Wildman–Crippen MR) is 54.9 cm³/mol. The third-order valence-electron chi connectivity index (χ3n) is 1.95. The molecule has 0 saturated carbocycles. The predicted octanol–water partition coefficient (Wildman–Crippen LogP) is 2.05. The lowest BCUT2D eigenvalue weighted by Crippen LogP contribution is -2.01. The van der Waals surface area contributed by atoms with Crippen LogP contribution in [-0.4, -0.2) is 16.6 Å². The number of nitro groups is 1. The first-order valence-corrected chi connectivity index (χ1v) is 4.65. The number of hydrogen-bond donors (Lipinski definition) is 1. The van der Waals surface area contributed by atoms with Crippen LogP contribution in [0.3, 0.4) is 0 Å². The minimum Gasteiger partial charge on any atom is -0.493 e. The second-order valence-electron chi connectivity index (χ2n) is 3.09. The topological polar surface area (TPSA) is 72.6 Å². The smallest absolute Gasteiger partial charge is 0.270 e. The molecule has 0 aliphatic rings. The van der Waals surface area contributed by atoms with E-state index in [1.807, 2.05) is 6.92 Å². The van der Waals surface area contributed by atoms with Crippen molar-refractivity contribution in [1.29, 1.82) is 0 Å². The number of benzene rings is 1. The van der Waals surface area contributed by atoms with Crippen LogP contribution in [0.4, 0.5) is 5.69 Å². The number of hydrogen-bond acceptors (Lipinski definition) is 4. The van der Waals surface area contributed by atoms with E-state index in [-0.39, 0.29) is 5.69 Å². The van der Waals surface area contributed by atoms with Gasteiger partial charge in [-0.2, -0.15) is 0 Å². The Morgan fingerprint density at radius 3 is 2.73 bits per heavy atom. The van der Waals surface area contributed by atoms with Gasteiger partial charge >= 0.3 is 0 Å². The number of aliphatic hydroxyl groups is 1. The quantitative estimate of drug-likeness (QED) is 0.611. The lowest BCUT2D eigenvalue weighted by Gasteiger charge is -2.11. The zero-order chi connectivity index (χ0) is 11.4. The van der Waals surface area contributed by atoms with E-state index in [0.29, 0.717) is 17.9 Å². The van der Waals surface area contributed by atoms with Crippen LogP contribution in [0.25, 0.3) is 0 Å². The van der Waals surface area contributed by atoms with E-state index in [1.165, 1.54) is 18.2 Å². The summed E-state index contributed by atoms with van der Waals surface area (Å²) >= 11 is 0. The first-order valence-electron chi connectivity index (χ1n) is 4.65. The largest absolute Gasteiger partial charge is 0.493 e. The molecule has 0 spiro atoms. The molecule has 0 aliphatic heterocycles. The Balaban J connectivity index is 3.14. The Morgan fingerprint density at radius 1 is 1.60 bits per heavy atom. The van der Waals surface area contributed by atoms with Crippen molar-refractivity contribution in [1.82, 2.24) is 0 Å². The van der Waals surface area contributed by atoms with E-state index in [1.54, 1.807) is 6.92 Å². The number of non-ortho nitro benzene ring substituents is 1. The van der Waals surface area contributed by atoms with Gasteiger partial charge in [-0.15, -0.1) is 0 Å². The Kier molecular flexibility index (Phi) is 3.62. The summed E-state index contributed by atoms with van der Waals surface area (Å²) < 4.78 is 5.25. The van der Waals surface area contributed by atoms with Gasteiger partial charge in [0.05, 0.1) is 17.6 Å². The molecule has 1 aromatic rings. The van der Waals surface area contributed by atoms with Gasteiger partial charge in [0.15, 0.2) is 0 Å². The third kappa shape index (κ3) is 2.66. The molecule has 82 valence electrons. The van der Waals surface area contributed by atoms with Gasteiger partial charge < -0.3 is 9.84 Å². The zero-order valence-corrected chi connectivity index (χ0v) is 8.64. The van der Waals surface area contributed by atoms with Crippen LogP contribution in [0.15, 0.2) is 18.2 Å². The fraction of sp³-hybridized carbons (Fsp3) is 0.400. The molecule has 15 heavy (non-hydrogen) atoms. The normalized spacial score (nSPS) is 12.2. The average Bonchev–Trinajstić information content (AvgIpc) is 2.18. The minimum atomic E-state index is -0.786. The standard InChI is InChI=1S/C10H13NO4/c1-3-15-10-5-4-8(11(13)14)6-9(10)7(2)12/h4-7,12H,3H2,1-2H3/t7-/m0/s1. The van der Waals surface area contributed by atoms with Gasteiger partial charge in [-0.25, -0.2) is 0 Å². The first kappa shape index (κ1) is 11.5. The van der Waals surface area contributed by atoms with Gasteiger partial charge in [-0.05, 0) is 19.9 Å². The molecule has 1 rings (SSSR count). The zero-order valence-electron chi connectivity index (χ0n) is 8.64. The molecule has 1 N–H and O–H groups in total. The van der Waals surface area contributed by atoms with Gasteiger partial charge in [-0.3, -0.25) is 10.1 Å². The van der Waals surface area contributed by atoms with Crippen molar-refractivity contribution >= 4 is 5.69 Å². The van der Waals surface area contributed by atoms with Gasteiger partial charge in [0.25, 0.3) is 5.69 Å². The Labute approximate surface area is 87.5 Å². The number of nitro benzene ring substituents is 1. The highest BCUT2D eigenvalue weighted by Crippen LogP contribution is 2.29. The molecule has 0 bridgehead atoms.